The summed E-state index contributed by atoms with van der Waals surface area (Å²) in [4.78, 5) is 15.2. The molecule has 1 N–H and O–H groups in total. The lowest BCUT2D eigenvalue weighted by molar-refractivity contribution is 0.172. The number of aromatic nitrogens is 2. The molecule has 0 spiro atoms. The first kappa shape index (κ1) is 11.9. The lowest BCUT2D eigenvalue weighted by Gasteiger charge is -2.12. The Kier molecular flexibility index (Phi) is 5.00. The van der Waals surface area contributed by atoms with Crippen molar-refractivity contribution in [1.29, 1.82) is 0 Å². The van der Waals surface area contributed by atoms with Crippen LogP contribution in [0, 0.1) is 0 Å². The molecule has 0 saturated carbocycles. The number of nitrogens with one attached hydrogen (secondary N) is 1. The average molecular weight is 211 g/mol. The standard InChI is InChI=1S/C10H17N3O2/c1-9(7-15-2)12-5-6-13-8-11-4-3-10(13)14/h3-4,8-9,12H,5-7H2,1-2H3. The molecule has 0 radical (unpaired) electrons. The van der Waals surface area contributed by atoms with Crippen molar-refractivity contribution in [3.05, 3.63) is 28.9 Å². The van der Waals surface area contributed by atoms with Gasteiger partial charge in [-0.3, -0.25) is 9.36 Å². The Morgan fingerprint density at radius 2 is 2.47 bits per heavy atom. The van der Waals surface area contributed by atoms with Gasteiger partial charge in [-0.15, -0.1) is 0 Å². The van der Waals surface area contributed by atoms with Crippen LogP contribution in [0.5, 0.6) is 0 Å². The molecule has 15 heavy (non-hydrogen) atoms. The second-order valence-corrected chi connectivity index (χ2v) is 3.42. The molecule has 0 aliphatic heterocycles. The predicted octanol–water partition coefficient (Wildman–Crippen LogP) is -0.132. The maximum Gasteiger partial charge on any atom is 0.253 e. The normalized spacial score (nSPS) is 12.7. The summed E-state index contributed by atoms with van der Waals surface area (Å²) in [6.07, 6.45) is 3.05. The molecule has 0 fully saturated rings. The molecule has 1 unspecified atom stereocenters. The second kappa shape index (κ2) is 6.31. The minimum absolute atomic E-state index is 0.0220. The Morgan fingerprint density at radius 1 is 1.67 bits per heavy atom. The van der Waals surface area contributed by atoms with Crippen molar-refractivity contribution in [2.45, 2.75) is 19.5 Å². The Morgan fingerprint density at radius 3 is 3.13 bits per heavy atom. The highest BCUT2D eigenvalue weighted by Crippen LogP contribution is 1.83. The van der Waals surface area contributed by atoms with Crippen molar-refractivity contribution < 1.29 is 4.74 Å². The zero-order valence-corrected chi connectivity index (χ0v) is 9.14. The van der Waals surface area contributed by atoms with Crippen molar-refractivity contribution in [1.82, 2.24) is 14.9 Å². The zero-order chi connectivity index (χ0) is 11.1. The lowest BCUT2D eigenvalue weighted by Crippen LogP contribution is -2.34. The van der Waals surface area contributed by atoms with Crippen LogP contribution in [0.2, 0.25) is 0 Å². The van der Waals surface area contributed by atoms with Gasteiger partial charge in [-0.05, 0) is 6.92 Å². The van der Waals surface area contributed by atoms with Crippen molar-refractivity contribution in [3.63, 3.8) is 0 Å². The van der Waals surface area contributed by atoms with Gasteiger partial charge in [0.15, 0.2) is 0 Å². The second-order valence-electron chi connectivity index (χ2n) is 3.42. The van der Waals surface area contributed by atoms with Crippen LogP contribution in [-0.4, -0.2) is 35.9 Å². The van der Waals surface area contributed by atoms with Crippen LogP contribution in [0.15, 0.2) is 23.4 Å². The van der Waals surface area contributed by atoms with Crippen LogP contribution >= 0.6 is 0 Å². The van der Waals surface area contributed by atoms with Crippen molar-refractivity contribution in [2.24, 2.45) is 0 Å². The van der Waals surface area contributed by atoms with E-state index in [2.05, 4.69) is 10.3 Å². The number of rotatable bonds is 6. The minimum Gasteiger partial charge on any atom is -0.383 e. The highest BCUT2D eigenvalue weighted by atomic mass is 16.5. The molecule has 1 heterocycles. The van der Waals surface area contributed by atoms with Crippen LogP contribution in [-0.2, 0) is 11.3 Å². The van der Waals surface area contributed by atoms with E-state index in [0.717, 1.165) is 6.54 Å². The largest absolute Gasteiger partial charge is 0.383 e. The number of hydrogen-bond acceptors (Lipinski definition) is 4. The molecule has 0 aromatic carbocycles. The number of methoxy groups -OCH3 is 1. The fourth-order valence-corrected chi connectivity index (χ4v) is 1.29. The van der Waals surface area contributed by atoms with E-state index in [1.807, 2.05) is 6.92 Å². The molecule has 0 bridgehead atoms. The molecule has 0 aliphatic carbocycles. The minimum atomic E-state index is -0.0220. The molecule has 5 nitrogen and oxygen atoms in total. The third kappa shape index (κ3) is 4.22. The first-order valence-corrected chi connectivity index (χ1v) is 4.97. The summed E-state index contributed by atoms with van der Waals surface area (Å²) < 4.78 is 6.56. The predicted molar refractivity (Wildman–Crippen MR) is 57.8 cm³/mol. The van der Waals surface area contributed by atoms with E-state index in [1.54, 1.807) is 18.0 Å². The molecule has 84 valence electrons. The highest BCUT2D eigenvalue weighted by molar-refractivity contribution is 4.82. The van der Waals surface area contributed by atoms with Gasteiger partial charge in [0.2, 0.25) is 0 Å². The molecule has 1 atom stereocenters. The molecule has 1 rings (SSSR count). The maximum absolute atomic E-state index is 11.3. The molecule has 0 amide bonds. The summed E-state index contributed by atoms with van der Waals surface area (Å²) in [5.41, 5.74) is -0.0220. The average Bonchev–Trinajstić information content (AvgIpc) is 2.21. The number of ether oxygens (including phenoxy) is 1. The van der Waals surface area contributed by atoms with E-state index in [-0.39, 0.29) is 5.56 Å². The summed E-state index contributed by atoms with van der Waals surface area (Å²) in [7, 11) is 1.67. The third-order valence-electron chi connectivity index (χ3n) is 2.05. The monoisotopic (exact) mass is 211 g/mol. The van der Waals surface area contributed by atoms with Crippen LogP contribution in [0.1, 0.15) is 6.92 Å². The van der Waals surface area contributed by atoms with Crippen molar-refractivity contribution in [3.8, 4) is 0 Å². The van der Waals surface area contributed by atoms with E-state index in [9.17, 15) is 4.79 Å². The van der Waals surface area contributed by atoms with E-state index >= 15 is 0 Å². The van der Waals surface area contributed by atoms with Crippen molar-refractivity contribution >= 4 is 0 Å². The quantitative estimate of drug-likeness (QED) is 0.712. The lowest BCUT2D eigenvalue weighted by atomic mass is 10.3. The van der Waals surface area contributed by atoms with E-state index < -0.39 is 0 Å². The zero-order valence-electron chi connectivity index (χ0n) is 9.14. The van der Waals surface area contributed by atoms with Gasteiger partial charge in [-0.2, -0.15) is 0 Å². The third-order valence-corrected chi connectivity index (χ3v) is 2.05. The molecule has 0 saturated heterocycles. The smallest absolute Gasteiger partial charge is 0.253 e. The van der Waals surface area contributed by atoms with Crippen LogP contribution in [0.4, 0.5) is 0 Å². The van der Waals surface area contributed by atoms with Gasteiger partial charge in [0.05, 0.1) is 12.9 Å². The fraction of sp³-hybridized carbons (Fsp3) is 0.600. The SMILES string of the molecule is COCC(C)NCCn1cnccc1=O. The summed E-state index contributed by atoms with van der Waals surface area (Å²) in [6, 6.07) is 1.75. The van der Waals surface area contributed by atoms with Gasteiger partial charge in [0.25, 0.3) is 5.56 Å². The van der Waals surface area contributed by atoms with Crippen LogP contribution in [0.3, 0.4) is 0 Å². The maximum atomic E-state index is 11.3. The van der Waals surface area contributed by atoms with E-state index in [0.29, 0.717) is 19.2 Å². The summed E-state index contributed by atoms with van der Waals surface area (Å²) >= 11 is 0. The van der Waals surface area contributed by atoms with Crippen LogP contribution in [0.25, 0.3) is 0 Å². The molecular weight excluding hydrogens is 194 g/mol. The first-order valence-electron chi connectivity index (χ1n) is 4.97. The highest BCUT2D eigenvalue weighted by Gasteiger charge is 1.99. The van der Waals surface area contributed by atoms with Crippen LogP contribution < -0.4 is 10.9 Å². The summed E-state index contributed by atoms with van der Waals surface area (Å²) in [5, 5.41) is 3.25. The van der Waals surface area contributed by atoms with Gasteiger partial charge >= 0.3 is 0 Å². The number of nitrogens with zero attached hydrogens (tertiary/aromatic N) is 2. The molecule has 5 heteroatoms. The van der Waals surface area contributed by atoms with E-state index in [1.165, 1.54) is 12.3 Å². The van der Waals surface area contributed by atoms with Gasteiger partial charge in [-0.1, -0.05) is 0 Å². The Balaban J connectivity index is 2.32. The Labute approximate surface area is 89.1 Å². The fourth-order valence-electron chi connectivity index (χ4n) is 1.29. The Hall–Kier alpha value is -1.20. The Bertz CT molecular complexity index is 337. The van der Waals surface area contributed by atoms with Gasteiger partial charge in [0.1, 0.15) is 0 Å². The van der Waals surface area contributed by atoms with Gasteiger partial charge < -0.3 is 10.1 Å². The van der Waals surface area contributed by atoms with Gasteiger partial charge in [-0.25, -0.2) is 4.98 Å². The van der Waals surface area contributed by atoms with Crippen molar-refractivity contribution in [2.75, 3.05) is 20.3 Å². The number of hydrogen-bond donors (Lipinski definition) is 1. The topological polar surface area (TPSA) is 56.1 Å². The molecule has 0 aliphatic rings. The summed E-state index contributed by atoms with van der Waals surface area (Å²) in [5.74, 6) is 0. The molecule has 1 aromatic heterocycles. The van der Waals surface area contributed by atoms with E-state index in [4.69, 9.17) is 4.74 Å². The molecular formula is C10H17N3O2. The summed E-state index contributed by atoms with van der Waals surface area (Å²) in [6.45, 7) is 4.06. The first-order chi connectivity index (χ1) is 7.24. The van der Waals surface area contributed by atoms with Gasteiger partial charge in [0, 0.05) is 38.5 Å². The molecule has 1 aromatic rings.